The van der Waals surface area contributed by atoms with E-state index in [1.807, 2.05) is 16.9 Å². The van der Waals surface area contributed by atoms with Gasteiger partial charge in [-0.25, -0.2) is 9.07 Å². The van der Waals surface area contributed by atoms with E-state index in [1.165, 1.54) is 35.4 Å². The van der Waals surface area contributed by atoms with Gasteiger partial charge in [-0.3, -0.25) is 4.98 Å². The second-order valence-electron chi connectivity index (χ2n) is 7.58. The lowest BCUT2D eigenvalue weighted by Gasteiger charge is -2.24. The number of benzene rings is 2. The zero-order valence-electron chi connectivity index (χ0n) is 16.0. The van der Waals surface area contributed by atoms with Crippen LogP contribution in [0.5, 0.6) is 0 Å². The summed E-state index contributed by atoms with van der Waals surface area (Å²) in [5, 5.41) is 13.8. The van der Waals surface area contributed by atoms with Crippen LogP contribution in [0.3, 0.4) is 0 Å². The Morgan fingerprint density at radius 2 is 1.86 bits per heavy atom. The van der Waals surface area contributed by atoms with Crippen LogP contribution in [0.1, 0.15) is 35.8 Å². The highest BCUT2D eigenvalue weighted by atomic mass is 19.1. The van der Waals surface area contributed by atoms with Crippen molar-refractivity contribution in [3.8, 4) is 0 Å². The number of aromatic nitrogens is 5. The summed E-state index contributed by atoms with van der Waals surface area (Å²) in [6.07, 6.45) is 4.23. The number of nitrogens with one attached hydrogen (secondary N) is 1. The fraction of sp³-hybridized carbons (Fsp3) is 0.273. The van der Waals surface area contributed by atoms with Crippen molar-refractivity contribution < 1.29 is 9.29 Å². The summed E-state index contributed by atoms with van der Waals surface area (Å²) in [4.78, 5) is 5.91. The number of fused-ring (bicyclic) bond motifs is 1. The summed E-state index contributed by atoms with van der Waals surface area (Å²) in [7, 11) is 0. The van der Waals surface area contributed by atoms with Crippen LogP contribution >= 0.6 is 0 Å². The number of tetrazole rings is 1. The minimum absolute atomic E-state index is 0.0533. The number of halogens is 1. The van der Waals surface area contributed by atoms with Crippen LogP contribution < -0.4 is 4.90 Å². The molecular formula is C22H22FN6+. The summed E-state index contributed by atoms with van der Waals surface area (Å²) in [6, 6.07) is 17.0. The Bertz CT molecular complexity index is 1120. The first-order chi connectivity index (χ1) is 14.3. The van der Waals surface area contributed by atoms with E-state index in [-0.39, 0.29) is 11.9 Å². The van der Waals surface area contributed by atoms with Crippen LogP contribution in [0.2, 0.25) is 0 Å². The maximum Gasteiger partial charge on any atom is 0.214 e. The number of hydrogen-bond donors (Lipinski definition) is 1. The molecule has 0 amide bonds. The molecule has 0 saturated carbocycles. The van der Waals surface area contributed by atoms with Gasteiger partial charge in [-0.1, -0.05) is 24.3 Å². The second-order valence-corrected chi connectivity index (χ2v) is 7.58. The predicted octanol–water partition coefficient (Wildman–Crippen LogP) is 2.18. The minimum atomic E-state index is -0.241. The molecule has 4 aromatic rings. The standard InChI is InChI=1S/C22H21FN6/c23-19-8-5-16(6-9-19)15-29-22(25-26-27-29)21(28-12-1-2-13-28)18-7-10-20-17(14-18)4-3-11-24-20/h3-11,14,21H,1-2,12-13,15H2/p+1/t21-/m0/s1. The third-order valence-corrected chi connectivity index (χ3v) is 5.68. The molecular weight excluding hydrogens is 367 g/mol. The summed E-state index contributed by atoms with van der Waals surface area (Å²) in [5.41, 5.74) is 3.15. The quantitative estimate of drug-likeness (QED) is 0.568. The predicted molar refractivity (Wildman–Crippen MR) is 107 cm³/mol. The van der Waals surface area contributed by atoms with Crippen molar-refractivity contribution in [2.24, 2.45) is 0 Å². The highest BCUT2D eigenvalue weighted by molar-refractivity contribution is 5.79. The molecule has 1 saturated heterocycles. The van der Waals surface area contributed by atoms with E-state index in [0.717, 1.165) is 35.4 Å². The van der Waals surface area contributed by atoms with Gasteiger partial charge in [0.15, 0.2) is 6.04 Å². The van der Waals surface area contributed by atoms with Crippen LogP contribution in [0.15, 0.2) is 60.8 Å². The van der Waals surface area contributed by atoms with Crippen molar-refractivity contribution in [3.63, 3.8) is 0 Å². The van der Waals surface area contributed by atoms with Crippen molar-refractivity contribution in [3.05, 3.63) is 83.6 Å². The molecule has 0 unspecified atom stereocenters. The normalized spacial score (nSPS) is 15.8. The van der Waals surface area contributed by atoms with Crippen molar-refractivity contribution in [1.82, 2.24) is 25.2 Å². The summed E-state index contributed by atoms with van der Waals surface area (Å²) in [6.45, 7) is 2.71. The molecule has 3 heterocycles. The first-order valence-corrected chi connectivity index (χ1v) is 9.98. The van der Waals surface area contributed by atoms with Crippen molar-refractivity contribution >= 4 is 10.9 Å². The van der Waals surface area contributed by atoms with Crippen LogP contribution in [0.25, 0.3) is 10.9 Å². The number of pyridine rings is 1. The first-order valence-electron chi connectivity index (χ1n) is 9.98. The Morgan fingerprint density at radius 3 is 2.69 bits per heavy atom. The summed E-state index contributed by atoms with van der Waals surface area (Å²) < 4.78 is 15.1. The minimum Gasteiger partial charge on any atom is -0.322 e. The van der Waals surface area contributed by atoms with Gasteiger partial charge < -0.3 is 4.90 Å². The Balaban J connectivity index is 1.55. The van der Waals surface area contributed by atoms with Crippen LogP contribution in [0.4, 0.5) is 4.39 Å². The molecule has 0 radical (unpaired) electrons. The lowest BCUT2D eigenvalue weighted by atomic mass is 10.0. The number of hydrogen-bond acceptors (Lipinski definition) is 4. The number of nitrogens with zero attached hydrogens (tertiary/aromatic N) is 5. The van der Waals surface area contributed by atoms with Gasteiger partial charge in [0.05, 0.1) is 25.2 Å². The lowest BCUT2D eigenvalue weighted by Crippen LogP contribution is -3.10. The van der Waals surface area contributed by atoms with Gasteiger partial charge in [-0.15, -0.1) is 5.10 Å². The molecule has 1 fully saturated rings. The molecule has 1 N–H and O–H groups in total. The Labute approximate surface area is 168 Å². The number of rotatable bonds is 5. The average Bonchev–Trinajstić information content (AvgIpc) is 3.43. The van der Waals surface area contributed by atoms with E-state index in [2.05, 4.69) is 44.8 Å². The van der Waals surface area contributed by atoms with Crippen molar-refractivity contribution in [2.45, 2.75) is 25.4 Å². The van der Waals surface area contributed by atoms with Gasteiger partial charge in [0.2, 0.25) is 5.82 Å². The Hall–Kier alpha value is -3.19. The van der Waals surface area contributed by atoms with Crippen LogP contribution in [0, 0.1) is 5.82 Å². The van der Waals surface area contributed by atoms with E-state index in [4.69, 9.17) is 0 Å². The summed E-state index contributed by atoms with van der Waals surface area (Å²) in [5.74, 6) is 0.601. The molecule has 0 spiro atoms. The molecule has 29 heavy (non-hydrogen) atoms. The Kier molecular flexibility index (Phi) is 4.73. The van der Waals surface area contributed by atoms with Gasteiger partial charge in [-0.05, 0) is 46.3 Å². The smallest absolute Gasteiger partial charge is 0.214 e. The fourth-order valence-electron chi connectivity index (χ4n) is 4.25. The number of quaternary nitrogens is 1. The third-order valence-electron chi connectivity index (χ3n) is 5.68. The van der Waals surface area contributed by atoms with Gasteiger partial charge in [0.25, 0.3) is 0 Å². The van der Waals surface area contributed by atoms with Crippen molar-refractivity contribution in [2.75, 3.05) is 13.1 Å². The van der Waals surface area contributed by atoms with E-state index in [0.29, 0.717) is 6.54 Å². The topological polar surface area (TPSA) is 60.9 Å². The molecule has 1 atom stereocenters. The third kappa shape index (κ3) is 3.61. The number of likely N-dealkylation sites (tertiary alicyclic amines) is 1. The Morgan fingerprint density at radius 1 is 1.03 bits per heavy atom. The molecule has 2 aromatic carbocycles. The fourth-order valence-corrected chi connectivity index (χ4v) is 4.25. The molecule has 0 aliphatic carbocycles. The first kappa shape index (κ1) is 17.9. The molecule has 0 bridgehead atoms. The zero-order chi connectivity index (χ0) is 19.6. The van der Waals surface area contributed by atoms with E-state index in [1.54, 1.807) is 12.1 Å². The van der Waals surface area contributed by atoms with Gasteiger partial charge in [0, 0.05) is 30.0 Å². The van der Waals surface area contributed by atoms with E-state index in [9.17, 15) is 4.39 Å². The molecule has 1 aliphatic heterocycles. The van der Waals surface area contributed by atoms with Gasteiger partial charge in [-0.2, -0.15) is 0 Å². The second kappa shape index (κ2) is 7.67. The molecule has 6 nitrogen and oxygen atoms in total. The summed E-state index contributed by atoms with van der Waals surface area (Å²) >= 11 is 0. The molecule has 2 aromatic heterocycles. The monoisotopic (exact) mass is 389 g/mol. The molecule has 1 aliphatic rings. The SMILES string of the molecule is Fc1ccc(Cn2nnnc2[C@H](c2ccc3ncccc3c2)[NH+]2CCCC2)cc1. The van der Waals surface area contributed by atoms with Crippen LogP contribution in [-0.4, -0.2) is 38.3 Å². The highest BCUT2D eigenvalue weighted by Gasteiger charge is 2.33. The highest BCUT2D eigenvalue weighted by Crippen LogP contribution is 2.23. The molecule has 7 heteroatoms. The largest absolute Gasteiger partial charge is 0.322 e. The average molecular weight is 389 g/mol. The van der Waals surface area contributed by atoms with E-state index >= 15 is 0 Å². The maximum atomic E-state index is 13.3. The van der Waals surface area contributed by atoms with Crippen LogP contribution in [-0.2, 0) is 6.54 Å². The molecule has 5 rings (SSSR count). The van der Waals surface area contributed by atoms with E-state index < -0.39 is 0 Å². The maximum absolute atomic E-state index is 13.3. The van der Waals surface area contributed by atoms with Crippen molar-refractivity contribution in [1.29, 1.82) is 0 Å². The van der Waals surface area contributed by atoms with Gasteiger partial charge >= 0.3 is 0 Å². The lowest BCUT2D eigenvalue weighted by molar-refractivity contribution is -0.914. The zero-order valence-corrected chi connectivity index (χ0v) is 16.0. The van der Waals surface area contributed by atoms with Gasteiger partial charge in [0.1, 0.15) is 5.82 Å². The molecule has 146 valence electrons.